The molecule has 4 aromatic heterocycles. The van der Waals surface area contributed by atoms with Crippen molar-refractivity contribution in [3.8, 4) is 45.4 Å². The molecule has 0 aliphatic carbocycles. The molecule has 2 N–H and O–H groups in total. The fourth-order valence-electron chi connectivity index (χ4n) is 4.45. The Balaban J connectivity index is 1.40. The van der Waals surface area contributed by atoms with Gasteiger partial charge in [-0.15, -0.1) is 0 Å². The van der Waals surface area contributed by atoms with E-state index in [0.29, 0.717) is 40.7 Å². The summed E-state index contributed by atoms with van der Waals surface area (Å²) < 4.78 is 25.7. The lowest BCUT2D eigenvalue weighted by molar-refractivity contribution is 0.260. The smallest absolute Gasteiger partial charge is 0.159 e. The average Bonchev–Trinajstić information content (AvgIpc) is 3.56. The van der Waals surface area contributed by atoms with Gasteiger partial charge in [0.15, 0.2) is 5.82 Å². The Labute approximate surface area is 223 Å². The van der Waals surface area contributed by atoms with Crippen LogP contribution in [0.1, 0.15) is 0 Å². The highest BCUT2D eigenvalue weighted by Gasteiger charge is 2.17. The molecule has 196 valence electrons. The zero-order valence-electron chi connectivity index (χ0n) is 21.7. The van der Waals surface area contributed by atoms with Gasteiger partial charge in [-0.2, -0.15) is 5.10 Å². The van der Waals surface area contributed by atoms with Crippen molar-refractivity contribution in [2.75, 3.05) is 34.4 Å². The maximum Gasteiger partial charge on any atom is 0.159 e. The molecule has 4 heterocycles. The van der Waals surface area contributed by atoms with Crippen molar-refractivity contribution in [2.24, 2.45) is 0 Å². The molecule has 39 heavy (non-hydrogen) atoms. The van der Waals surface area contributed by atoms with Gasteiger partial charge in [0.2, 0.25) is 0 Å². The summed E-state index contributed by atoms with van der Waals surface area (Å²) >= 11 is 0. The lowest BCUT2D eigenvalue weighted by atomic mass is 10.0. The second-order valence-corrected chi connectivity index (χ2v) is 9.42. The second kappa shape index (κ2) is 10.1. The molecule has 0 unspecified atom stereocenters. The fourth-order valence-corrected chi connectivity index (χ4v) is 4.45. The molecule has 0 amide bonds. The highest BCUT2D eigenvalue weighted by Crippen LogP contribution is 2.34. The number of methoxy groups -OCH3 is 1. The van der Waals surface area contributed by atoms with Gasteiger partial charge in [-0.25, -0.2) is 9.37 Å². The van der Waals surface area contributed by atoms with E-state index in [-0.39, 0.29) is 5.82 Å². The van der Waals surface area contributed by atoms with E-state index < -0.39 is 0 Å². The number of aromatic nitrogens is 6. The van der Waals surface area contributed by atoms with Gasteiger partial charge in [-0.3, -0.25) is 15.1 Å². The minimum absolute atomic E-state index is 0.370. The van der Waals surface area contributed by atoms with Crippen LogP contribution in [0.5, 0.6) is 11.5 Å². The van der Waals surface area contributed by atoms with Crippen LogP contribution >= 0.6 is 0 Å². The van der Waals surface area contributed by atoms with Crippen LogP contribution in [0.2, 0.25) is 0 Å². The number of imidazole rings is 1. The quantitative estimate of drug-likeness (QED) is 0.278. The summed E-state index contributed by atoms with van der Waals surface area (Å²) in [5, 5.41) is 8.42. The summed E-state index contributed by atoms with van der Waals surface area (Å²) in [6, 6.07) is 14.3. The third-order valence-electron chi connectivity index (χ3n) is 6.42. The molecule has 0 saturated heterocycles. The van der Waals surface area contributed by atoms with Gasteiger partial charge in [-0.05, 0) is 50.0 Å². The SMILES string of the molecule is COc1cncc(-c2cc3c(-c4nc5c(-c6cc(F)cc(OCCN(C)C)c6)cccc5[nH]4)n[nH]c3cn2)c1. The van der Waals surface area contributed by atoms with Crippen LogP contribution in [0.3, 0.4) is 0 Å². The number of ether oxygens (including phenoxy) is 2. The molecule has 9 nitrogen and oxygen atoms in total. The molecule has 0 spiro atoms. The minimum atomic E-state index is -0.370. The number of H-pyrrole nitrogens is 2. The van der Waals surface area contributed by atoms with Crippen molar-refractivity contribution < 1.29 is 13.9 Å². The van der Waals surface area contributed by atoms with Crippen LogP contribution in [0, 0.1) is 5.82 Å². The Morgan fingerprint density at radius 3 is 2.67 bits per heavy atom. The second-order valence-electron chi connectivity index (χ2n) is 9.42. The van der Waals surface area contributed by atoms with Crippen LogP contribution < -0.4 is 9.47 Å². The van der Waals surface area contributed by atoms with Crippen molar-refractivity contribution >= 4 is 21.9 Å². The number of hydrogen-bond donors (Lipinski definition) is 2. The van der Waals surface area contributed by atoms with Crippen LogP contribution in [-0.2, 0) is 0 Å². The average molecular weight is 524 g/mol. The zero-order chi connectivity index (χ0) is 26.9. The monoisotopic (exact) mass is 523 g/mol. The number of rotatable bonds is 8. The van der Waals surface area contributed by atoms with Crippen LogP contribution in [0.4, 0.5) is 4.39 Å². The highest BCUT2D eigenvalue weighted by atomic mass is 19.1. The summed E-state index contributed by atoms with van der Waals surface area (Å²) in [6.45, 7) is 1.19. The van der Waals surface area contributed by atoms with Gasteiger partial charge in [0.25, 0.3) is 0 Å². The van der Waals surface area contributed by atoms with E-state index in [2.05, 4.69) is 25.1 Å². The molecule has 0 bridgehead atoms. The first-order chi connectivity index (χ1) is 19.0. The van der Waals surface area contributed by atoms with Gasteiger partial charge < -0.3 is 19.4 Å². The van der Waals surface area contributed by atoms with Gasteiger partial charge in [0.05, 0.1) is 41.7 Å². The van der Waals surface area contributed by atoms with Crippen LogP contribution in [-0.4, -0.2) is 69.4 Å². The summed E-state index contributed by atoms with van der Waals surface area (Å²) in [4.78, 5) is 19.1. The standard InChI is InChI=1S/C29H26FN7O2/c1-37(2)7-8-39-20-10-17(9-19(30)12-20)22-5-4-6-24-27(22)34-29(33-24)28-23-13-25(32-16-26(23)35-36-28)18-11-21(38-3)15-31-14-18/h4-6,9-16H,7-8H2,1-3H3,(H,33,34)(H,35,36). The number of fused-ring (bicyclic) bond motifs is 2. The van der Waals surface area contributed by atoms with E-state index in [1.807, 2.05) is 55.4 Å². The summed E-state index contributed by atoms with van der Waals surface area (Å²) in [5.74, 6) is 1.34. The first-order valence-corrected chi connectivity index (χ1v) is 12.4. The number of benzene rings is 2. The molecule has 10 heteroatoms. The van der Waals surface area contributed by atoms with Crippen molar-refractivity contribution in [2.45, 2.75) is 0 Å². The van der Waals surface area contributed by atoms with E-state index in [1.165, 1.54) is 12.1 Å². The lowest BCUT2D eigenvalue weighted by Crippen LogP contribution is -2.19. The molecule has 0 fully saturated rings. The molecule has 0 aliphatic heterocycles. The number of aromatic amines is 2. The van der Waals surface area contributed by atoms with E-state index >= 15 is 0 Å². The maximum atomic E-state index is 14.6. The van der Waals surface area contributed by atoms with Gasteiger partial charge in [0.1, 0.15) is 29.6 Å². The van der Waals surface area contributed by atoms with E-state index in [0.717, 1.165) is 39.8 Å². The Bertz CT molecular complexity index is 1790. The molecule has 0 aliphatic rings. The number of nitrogens with one attached hydrogen (secondary N) is 2. The van der Waals surface area contributed by atoms with Crippen molar-refractivity contribution in [3.63, 3.8) is 0 Å². The number of pyridine rings is 2. The Morgan fingerprint density at radius 1 is 0.949 bits per heavy atom. The summed E-state index contributed by atoms with van der Waals surface area (Å²) in [5.41, 5.74) is 5.97. The predicted octanol–water partition coefficient (Wildman–Crippen LogP) is 5.32. The third kappa shape index (κ3) is 4.89. The molecular weight excluding hydrogens is 497 g/mol. The maximum absolute atomic E-state index is 14.6. The Kier molecular flexibility index (Phi) is 6.37. The number of halogens is 1. The fraction of sp³-hybridized carbons (Fsp3) is 0.172. The third-order valence-corrected chi connectivity index (χ3v) is 6.42. The molecule has 2 aromatic carbocycles. The molecule has 6 rings (SSSR count). The predicted molar refractivity (Wildman–Crippen MR) is 148 cm³/mol. The first kappa shape index (κ1) is 24.5. The number of likely N-dealkylation sites (N-methyl/N-ethyl adjacent to an activating group) is 1. The molecule has 0 saturated carbocycles. The highest BCUT2D eigenvalue weighted by molar-refractivity contribution is 5.97. The van der Waals surface area contributed by atoms with Crippen LogP contribution in [0.15, 0.2) is 67.1 Å². The number of nitrogens with zero attached hydrogens (tertiary/aromatic N) is 5. The Hall–Kier alpha value is -4.83. The Morgan fingerprint density at radius 2 is 1.82 bits per heavy atom. The number of para-hydroxylation sites is 1. The van der Waals surface area contributed by atoms with Gasteiger partial charge >= 0.3 is 0 Å². The van der Waals surface area contributed by atoms with Crippen molar-refractivity contribution in [1.29, 1.82) is 0 Å². The first-order valence-electron chi connectivity index (χ1n) is 12.4. The number of hydrogen-bond acceptors (Lipinski definition) is 7. The molecule has 0 atom stereocenters. The largest absolute Gasteiger partial charge is 0.495 e. The topological polar surface area (TPSA) is 105 Å². The minimum Gasteiger partial charge on any atom is -0.495 e. The van der Waals surface area contributed by atoms with Gasteiger partial charge in [-0.1, -0.05) is 12.1 Å². The van der Waals surface area contributed by atoms with Gasteiger partial charge in [0, 0.05) is 35.3 Å². The molecule has 6 aromatic rings. The molecule has 0 radical (unpaired) electrons. The zero-order valence-corrected chi connectivity index (χ0v) is 21.7. The summed E-state index contributed by atoms with van der Waals surface area (Å²) in [6.07, 6.45) is 5.12. The lowest BCUT2D eigenvalue weighted by Gasteiger charge is -2.12. The van der Waals surface area contributed by atoms with Crippen molar-refractivity contribution in [3.05, 3.63) is 72.9 Å². The van der Waals surface area contributed by atoms with E-state index in [9.17, 15) is 4.39 Å². The van der Waals surface area contributed by atoms with E-state index in [4.69, 9.17) is 14.5 Å². The normalized spacial score (nSPS) is 11.5. The molecular formula is C29H26FN7O2. The van der Waals surface area contributed by atoms with E-state index in [1.54, 1.807) is 25.7 Å². The van der Waals surface area contributed by atoms with Crippen LogP contribution in [0.25, 0.3) is 55.8 Å². The summed E-state index contributed by atoms with van der Waals surface area (Å²) in [7, 11) is 5.53. The van der Waals surface area contributed by atoms with Crippen molar-refractivity contribution in [1.82, 2.24) is 35.0 Å².